The second kappa shape index (κ2) is 6.95. The molecule has 2 heterocycles. The smallest absolute Gasteiger partial charge is 0.259 e. The van der Waals surface area contributed by atoms with Gasteiger partial charge in [-0.15, -0.1) is 0 Å². The summed E-state index contributed by atoms with van der Waals surface area (Å²) < 4.78 is 25.9. The van der Waals surface area contributed by atoms with E-state index in [0.717, 1.165) is 5.56 Å². The van der Waals surface area contributed by atoms with Gasteiger partial charge >= 0.3 is 0 Å². The van der Waals surface area contributed by atoms with Gasteiger partial charge in [-0.1, -0.05) is 6.07 Å². The van der Waals surface area contributed by atoms with E-state index in [4.69, 9.17) is 0 Å². The topological polar surface area (TPSA) is 82.6 Å². The number of rotatable bonds is 4. The largest absolute Gasteiger partial charge is 0.362 e. The van der Waals surface area contributed by atoms with Crippen LogP contribution in [0.3, 0.4) is 0 Å². The first-order valence-electron chi connectivity index (χ1n) is 8.34. The molecule has 0 saturated carbocycles. The predicted octanol–water partition coefficient (Wildman–Crippen LogP) is 2.25. The monoisotopic (exact) mass is 374 g/mol. The minimum absolute atomic E-state index is 0.158. The summed E-state index contributed by atoms with van der Waals surface area (Å²) in [6, 6.07) is 8.71. The Kier molecular flexibility index (Phi) is 4.86. The maximum absolute atomic E-state index is 12.7. The molecule has 1 saturated heterocycles. The Bertz CT molecular complexity index is 941. The molecular weight excluding hydrogens is 352 g/mol. The van der Waals surface area contributed by atoms with E-state index in [0.29, 0.717) is 35.7 Å². The standard InChI is InChI=1S/C18H22N4O3S/c1-13-7-8-14(12-16(13)22-10-5-11-26(22,24)25)20-18(23)15-6-4-9-19-17(15)21(2)3/h4,6-9,12H,5,10-11H2,1-3H3,(H,20,23). The second-order valence-electron chi connectivity index (χ2n) is 6.47. The lowest BCUT2D eigenvalue weighted by Crippen LogP contribution is -2.26. The molecular formula is C18H22N4O3S. The molecule has 1 fully saturated rings. The summed E-state index contributed by atoms with van der Waals surface area (Å²) in [6.07, 6.45) is 2.24. The van der Waals surface area contributed by atoms with Gasteiger partial charge in [-0.3, -0.25) is 9.10 Å². The van der Waals surface area contributed by atoms with Crippen molar-refractivity contribution in [2.24, 2.45) is 0 Å². The lowest BCUT2D eigenvalue weighted by molar-refractivity contribution is 0.102. The third kappa shape index (κ3) is 3.50. The quantitative estimate of drug-likeness (QED) is 0.888. The number of sulfonamides is 1. The molecule has 0 atom stereocenters. The van der Waals surface area contributed by atoms with Crippen LogP contribution in [0, 0.1) is 6.92 Å². The highest BCUT2D eigenvalue weighted by Gasteiger charge is 2.29. The molecule has 1 aliphatic rings. The number of aromatic nitrogens is 1. The molecule has 0 spiro atoms. The van der Waals surface area contributed by atoms with Crippen molar-refractivity contribution in [2.45, 2.75) is 13.3 Å². The van der Waals surface area contributed by atoms with Crippen molar-refractivity contribution in [1.29, 1.82) is 0 Å². The van der Waals surface area contributed by atoms with Crippen molar-refractivity contribution >= 4 is 33.1 Å². The van der Waals surface area contributed by atoms with Crippen LogP contribution in [0.2, 0.25) is 0 Å². The molecule has 0 aliphatic carbocycles. The normalized spacial score (nSPS) is 15.7. The van der Waals surface area contributed by atoms with E-state index in [2.05, 4.69) is 10.3 Å². The number of benzene rings is 1. The Labute approximate surface area is 153 Å². The van der Waals surface area contributed by atoms with Gasteiger partial charge < -0.3 is 10.2 Å². The van der Waals surface area contributed by atoms with Crippen molar-refractivity contribution in [3.8, 4) is 0 Å². The zero-order chi connectivity index (χ0) is 18.9. The molecule has 1 amide bonds. The molecule has 2 aromatic rings. The number of pyridine rings is 1. The Morgan fingerprint density at radius 1 is 1.27 bits per heavy atom. The van der Waals surface area contributed by atoms with Gasteiger partial charge in [0, 0.05) is 32.5 Å². The second-order valence-corrected chi connectivity index (χ2v) is 8.48. The number of anilines is 3. The average molecular weight is 374 g/mol. The Morgan fingerprint density at radius 2 is 2.04 bits per heavy atom. The Hall–Kier alpha value is -2.61. The van der Waals surface area contributed by atoms with Crippen LogP contribution in [-0.4, -0.2) is 45.7 Å². The third-order valence-corrected chi connectivity index (χ3v) is 6.15. The van der Waals surface area contributed by atoms with Gasteiger partial charge in [0.25, 0.3) is 5.91 Å². The summed E-state index contributed by atoms with van der Waals surface area (Å²) in [5.41, 5.74) is 2.46. The van der Waals surface area contributed by atoms with E-state index in [9.17, 15) is 13.2 Å². The molecule has 7 nitrogen and oxygen atoms in total. The minimum Gasteiger partial charge on any atom is -0.362 e. The fourth-order valence-corrected chi connectivity index (χ4v) is 4.61. The SMILES string of the molecule is Cc1ccc(NC(=O)c2cccnc2N(C)C)cc1N1CCCS1(=O)=O. The first kappa shape index (κ1) is 18.2. The van der Waals surface area contributed by atoms with Crippen LogP contribution in [-0.2, 0) is 10.0 Å². The van der Waals surface area contributed by atoms with Crippen molar-refractivity contribution in [3.63, 3.8) is 0 Å². The van der Waals surface area contributed by atoms with Crippen molar-refractivity contribution in [2.75, 3.05) is 40.9 Å². The van der Waals surface area contributed by atoms with Gasteiger partial charge in [-0.05, 0) is 43.2 Å². The zero-order valence-corrected chi connectivity index (χ0v) is 15.9. The maximum atomic E-state index is 12.7. The van der Waals surface area contributed by atoms with E-state index in [1.165, 1.54) is 4.31 Å². The summed E-state index contributed by atoms with van der Waals surface area (Å²) in [5, 5.41) is 2.84. The van der Waals surface area contributed by atoms with Crippen LogP contribution < -0.4 is 14.5 Å². The van der Waals surface area contributed by atoms with Gasteiger partial charge in [0.1, 0.15) is 5.82 Å². The number of amides is 1. The summed E-state index contributed by atoms with van der Waals surface area (Å²) in [5.74, 6) is 0.436. The molecule has 1 aromatic carbocycles. The van der Waals surface area contributed by atoms with E-state index >= 15 is 0 Å². The van der Waals surface area contributed by atoms with E-state index in [1.807, 2.05) is 27.1 Å². The van der Waals surface area contributed by atoms with Crippen molar-refractivity contribution in [3.05, 3.63) is 47.7 Å². The number of aryl methyl sites for hydroxylation is 1. The number of carbonyl (C=O) groups is 1. The van der Waals surface area contributed by atoms with Gasteiger partial charge in [0.15, 0.2) is 0 Å². The van der Waals surface area contributed by atoms with Crippen molar-refractivity contribution < 1.29 is 13.2 Å². The fourth-order valence-electron chi connectivity index (χ4n) is 2.99. The van der Waals surface area contributed by atoms with E-state index < -0.39 is 10.0 Å². The minimum atomic E-state index is -3.27. The number of nitrogens with one attached hydrogen (secondary N) is 1. The van der Waals surface area contributed by atoms with Gasteiger partial charge in [0.05, 0.1) is 17.0 Å². The number of nitrogens with zero attached hydrogens (tertiary/aromatic N) is 3. The van der Waals surface area contributed by atoms with Crippen LogP contribution in [0.4, 0.5) is 17.2 Å². The molecule has 8 heteroatoms. The average Bonchev–Trinajstić information content (AvgIpc) is 2.95. The predicted molar refractivity (Wildman–Crippen MR) is 103 cm³/mol. The van der Waals surface area contributed by atoms with E-state index in [-0.39, 0.29) is 11.7 Å². The molecule has 1 aromatic heterocycles. The summed E-state index contributed by atoms with van der Waals surface area (Å²) >= 11 is 0. The zero-order valence-electron chi connectivity index (χ0n) is 15.1. The molecule has 138 valence electrons. The van der Waals surface area contributed by atoms with Gasteiger partial charge in [0.2, 0.25) is 10.0 Å². The van der Waals surface area contributed by atoms with E-state index in [1.54, 1.807) is 35.4 Å². The lowest BCUT2D eigenvalue weighted by atomic mass is 10.1. The van der Waals surface area contributed by atoms with Crippen LogP contribution >= 0.6 is 0 Å². The molecule has 26 heavy (non-hydrogen) atoms. The summed E-state index contributed by atoms with van der Waals surface area (Å²) in [7, 11) is 0.368. The Balaban J connectivity index is 1.90. The molecule has 0 radical (unpaired) electrons. The number of hydrogen-bond acceptors (Lipinski definition) is 5. The third-order valence-electron chi connectivity index (χ3n) is 4.29. The number of hydrogen-bond donors (Lipinski definition) is 1. The molecule has 0 bridgehead atoms. The summed E-state index contributed by atoms with van der Waals surface area (Å²) in [4.78, 5) is 18.7. The van der Waals surface area contributed by atoms with Crippen molar-refractivity contribution in [1.82, 2.24) is 4.98 Å². The van der Waals surface area contributed by atoms with Crippen LogP contribution in [0.15, 0.2) is 36.5 Å². The number of carbonyl (C=O) groups excluding carboxylic acids is 1. The first-order valence-corrected chi connectivity index (χ1v) is 9.95. The first-order chi connectivity index (χ1) is 12.3. The van der Waals surface area contributed by atoms with Crippen LogP contribution in [0.25, 0.3) is 0 Å². The highest BCUT2D eigenvalue weighted by atomic mass is 32.2. The fraction of sp³-hybridized carbons (Fsp3) is 0.333. The molecule has 1 aliphatic heterocycles. The highest BCUT2D eigenvalue weighted by molar-refractivity contribution is 7.93. The maximum Gasteiger partial charge on any atom is 0.259 e. The van der Waals surface area contributed by atoms with Crippen LogP contribution in [0.1, 0.15) is 22.3 Å². The van der Waals surface area contributed by atoms with Gasteiger partial charge in [-0.25, -0.2) is 13.4 Å². The lowest BCUT2D eigenvalue weighted by Gasteiger charge is -2.20. The highest BCUT2D eigenvalue weighted by Crippen LogP contribution is 2.30. The Morgan fingerprint density at radius 3 is 2.69 bits per heavy atom. The summed E-state index contributed by atoms with van der Waals surface area (Å²) in [6.45, 7) is 2.33. The molecule has 3 rings (SSSR count). The van der Waals surface area contributed by atoms with Gasteiger partial charge in [-0.2, -0.15) is 0 Å². The molecule has 1 N–H and O–H groups in total. The van der Waals surface area contributed by atoms with Crippen LogP contribution in [0.5, 0.6) is 0 Å². The molecule has 0 unspecified atom stereocenters.